The van der Waals surface area contributed by atoms with Crippen LogP contribution in [0.25, 0.3) is 0 Å². The second-order valence-electron chi connectivity index (χ2n) is 31.9. The zero-order valence-corrected chi connectivity index (χ0v) is 77.6. The smallest absolute Gasteiger partial charge is 0.326 e. The molecule has 3 aliphatic heterocycles. The molecular weight excluding hydrogens is 1720 g/mol. The van der Waals surface area contributed by atoms with Crippen LogP contribution in [0.4, 0.5) is 0 Å². The van der Waals surface area contributed by atoms with Gasteiger partial charge in [-0.05, 0) is 56.4 Å². The van der Waals surface area contributed by atoms with Crippen molar-refractivity contribution < 1.29 is 144 Å². The normalized spacial score (nSPS) is 16.2. The molecule has 131 heavy (non-hydrogen) atoms. The third-order valence-electron chi connectivity index (χ3n) is 21.7. The fourth-order valence-electron chi connectivity index (χ4n) is 14.4. The third-order valence-corrected chi connectivity index (χ3v) is 21.7. The number of methoxy groups -OCH3 is 2. The van der Waals surface area contributed by atoms with Crippen LogP contribution < -0.4 is 42.5 Å². The zero-order valence-electron chi connectivity index (χ0n) is 77.6. The van der Waals surface area contributed by atoms with Crippen LogP contribution in [0.3, 0.4) is 0 Å². The first-order chi connectivity index (χ1) is 62.8. The molecule has 0 saturated carbocycles. The minimum atomic E-state index is -2.02. The molecule has 43 heteroatoms. The van der Waals surface area contributed by atoms with E-state index in [0.29, 0.717) is 128 Å². The Morgan fingerprint density at radius 1 is 0.519 bits per heavy atom. The van der Waals surface area contributed by atoms with Gasteiger partial charge in [0, 0.05) is 105 Å². The summed E-state index contributed by atoms with van der Waals surface area (Å²) in [5.74, 6) is -14.6. The Hall–Kier alpha value is -9.90. The van der Waals surface area contributed by atoms with Crippen LogP contribution in [0.1, 0.15) is 112 Å². The van der Waals surface area contributed by atoms with Gasteiger partial charge in [-0.15, -0.1) is 0 Å². The van der Waals surface area contributed by atoms with Gasteiger partial charge in [-0.1, -0.05) is 78.3 Å². The first-order valence-electron chi connectivity index (χ1n) is 44.7. The van der Waals surface area contributed by atoms with Gasteiger partial charge in [-0.2, -0.15) is 0 Å². The number of hydrogen-bond acceptors (Lipinski definition) is 29. The molecule has 0 aromatic heterocycles. The quantitative estimate of drug-likeness (QED) is 0.0243. The molecule has 3 heterocycles. The van der Waals surface area contributed by atoms with Crippen molar-refractivity contribution in [3.8, 4) is 0 Å². The highest BCUT2D eigenvalue weighted by atomic mass is 16.6. The van der Waals surface area contributed by atoms with Crippen LogP contribution in [0, 0.1) is 23.7 Å². The van der Waals surface area contributed by atoms with Gasteiger partial charge >= 0.3 is 5.97 Å². The number of aliphatic carboxylic acids is 1. The first-order valence-corrected chi connectivity index (χ1v) is 44.7. The van der Waals surface area contributed by atoms with Crippen molar-refractivity contribution >= 4 is 94.6 Å². The molecule has 3 aliphatic rings. The SMILES string of the molecule is CC[C@H](C)[C@@H]([C@@H](CC(=O)N1CCC[C@H]1[C@H](OC)[C@@H](C)C(=O)N[C@@H](Cc1ccccc1)C(=O)O)OC)N(C)C(=O)CNC(=O)C(C(C)C)N(C)C(=O)C(C)COC(C)CCNC(=O)CCCNC(=O)C(NC(=O)CN1C(=O)C=CC1=O)C(NC(=O)CN1C(=O)C=CC1=O)C(=O)NCCCC(=O)NCCOCCOCCOCCOCCOCCOCCOCCOCCOCCO. The molecular formula is C88H141N13O30. The van der Waals surface area contributed by atoms with Crippen molar-refractivity contribution in [2.75, 3.05) is 213 Å². The Kier molecular flexibility index (Phi) is 56.1. The lowest BCUT2D eigenvalue weighted by atomic mass is 9.90. The summed E-state index contributed by atoms with van der Waals surface area (Å²) in [4.78, 5) is 219. The molecule has 12 atom stereocenters. The molecule has 0 radical (unpaired) electrons. The topological polar surface area (TPSA) is 537 Å². The average Bonchev–Trinajstić information content (AvgIpc) is 1.74. The van der Waals surface area contributed by atoms with Crippen LogP contribution in [-0.2, 0) is 140 Å². The summed E-state index contributed by atoms with van der Waals surface area (Å²) < 4.78 is 66.8. The summed E-state index contributed by atoms with van der Waals surface area (Å²) in [5, 5.41) is 39.2. The molecule has 0 bridgehead atoms. The number of hydrogen-bond donors (Lipinski definition) is 10. The molecule has 4 rings (SSSR count). The van der Waals surface area contributed by atoms with E-state index in [0.717, 1.165) is 29.9 Å². The molecule has 43 nitrogen and oxygen atoms in total. The van der Waals surface area contributed by atoms with E-state index in [2.05, 4.69) is 42.5 Å². The van der Waals surface area contributed by atoms with Gasteiger partial charge in [-0.25, -0.2) is 4.79 Å². The van der Waals surface area contributed by atoms with E-state index in [1.807, 2.05) is 13.8 Å². The minimum absolute atomic E-state index is 0.0196. The Morgan fingerprint density at radius 2 is 0.969 bits per heavy atom. The van der Waals surface area contributed by atoms with Gasteiger partial charge in [0.25, 0.3) is 23.6 Å². The predicted octanol–water partition coefficient (Wildman–Crippen LogP) is -2.26. The number of nitrogens with one attached hydrogen (secondary N) is 8. The maximum atomic E-state index is 14.4. The highest BCUT2D eigenvalue weighted by Gasteiger charge is 2.44. The second kappa shape index (κ2) is 64.8. The number of carbonyl (C=O) groups excluding carboxylic acids is 15. The van der Waals surface area contributed by atoms with E-state index in [1.54, 1.807) is 76.9 Å². The number of nitrogens with zero attached hydrogens (tertiary/aromatic N) is 5. The minimum Gasteiger partial charge on any atom is -0.480 e. The maximum absolute atomic E-state index is 14.4. The van der Waals surface area contributed by atoms with E-state index >= 15 is 0 Å². The van der Waals surface area contributed by atoms with Crippen molar-refractivity contribution in [2.24, 2.45) is 23.7 Å². The third kappa shape index (κ3) is 43.1. The Bertz CT molecular complexity index is 3750. The molecule has 5 unspecified atom stereocenters. The number of imide groups is 2. The average molecular weight is 1860 g/mol. The summed E-state index contributed by atoms with van der Waals surface area (Å²) in [7, 11) is 5.94. The summed E-state index contributed by atoms with van der Waals surface area (Å²) in [6, 6.07) is 1.46. The predicted molar refractivity (Wildman–Crippen MR) is 470 cm³/mol. The van der Waals surface area contributed by atoms with Gasteiger partial charge in [0.15, 0.2) is 0 Å². The van der Waals surface area contributed by atoms with Gasteiger partial charge in [-0.3, -0.25) is 81.7 Å². The zero-order chi connectivity index (χ0) is 96.6. The molecule has 1 aromatic rings. The molecule has 1 aromatic carbocycles. The fraction of sp³-hybridized carbons (Fsp3) is 0.705. The largest absolute Gasteiger partial charge is 0.480 e. The number of amides is 15. The summed E-state index contributed by atoms with van der Waals surface area (Å²) in [5.41, 5.74) is 0.728. The van der Waals surface area contributed by atoms with E-state index in [4.69, 9.17) is 61.9 Å². The van der Waals surface area contributed by atoms with Crippen LogP contribution in [0.5, 0.6) is 0 Å². The Labute approximate surface area is 766 Å². The van der Waals surface area contributed by atoms with Crippen molar-refractivity contribution in [1.29, 1.82) is 0 Å². The first kappa shape index (κ1) is 113. The summed E-state index contributed by atoms with van der Waals surface area (Å²) >= 11 is 0. The maximum Gasteiger partial charge on any atom is 0.326 e. The van der Waals surface area contributed by atoms with Gasteiger partial charge in [0.05, 0.1) is 187 Å². The van der Waals surface area contributed by atoms with Crippen LogP contribution in [-0.4, -0.2) is 397 Å². The Balaban J connectivity index is 1.20. The number of aliphatic hydroxyl groups excluding tert-OH is 1. The number of carbonyl (C=O) groups is 16. The standard InChI is InChI=1S/C88H141N13O30/c1-12-60(4)81(67(120-10)54-76(111)99-33-18-21-66(99)82(121-11)63(7)83(113)94-65(88(118)119)53-64-19-14-13-15-20-64)97(8)77(112)55-93-86(116)80(59(2)3)98(9)87(117)61(5)58-131-62(6)28-31-89-68(103)22-16-29-91-84(114)78(95-70(105)56-100-72(107)24-25-73(100)108)79(96-71(106)57-101-74(109)26-27-75(101)110)85(115)92-30-17-23-69(104)90-32-35-122-37-39-124-41-43-126-45-47-128-49-51-130-52-50-129-48-46-127-44-42-125-40-38-123-36-34-102/h13-15,19-20,24-27,59-63,65-67,78-82,102H,12,16-18,21-23,28-58H2,1-11H3,(H,89,103)(H,90,104)(H,91,114)(H,92,115)(H,93,116)(H,94,113)(H,95,105)(H,96,106)(H,118,119)/t60-,61?,62?,63+,65-,66-,67+,78?,79?,80?,81-,82+/m0/s1. The number of carboxylic acid groups (broad SMARTS) is 1. The number of rotatable bonds is 73. The molecule has 0 aliphatic carbocycles. The van der Waals surface area contributed by atoms with E-state index in [-0.39, 0.29) is 123 Å². The van der Waals surface area contributed by atoms with Crippen LogP contribution >= 0.6 is 0 Å². The van der Waals surface area contributed by atoms with Crippen molar-refractivity contribution in [3.63, 3.8) is 0 Å². The molecule has 738 valence electrons. The lowest BCUT2D eigenvalue weighted by Gasteiger charge is -2.39. The number of likely N-dealkylation sites (N-methyl/N-ethyl adjacent to an activating group) is 2. The lowest BCUT2D eigenvalue weighted by molar-refractivity contribution is -0.147. The molecule has 1 saturated heterocycles. The van der Waals surface area contributed by atoms with Crippen molar-refractivity contribution in [1.82, 2.24) is 67.0 Å². The van der Waals surface area contributed by atoms with Crippen molar-refractivity contribution in [3.05, 3.63) is 60.2 Å². The van der Waals surface area contributed by atoms with E-state index < -0.39 is 181 Å². The number of likely N-dealkylation sites (tertiary alicyclic amines) is 1. The highest BCUT2D eigenvalue weighted by Crippen LogP contribution is 2.30. The van der Waals surface area contributed by atoms with E-state index in [1.165, 1.54) is 31.1 Å². The number of benzene rings is 1. The molecule has 10 N–H and O–H groups in total. The lowest BCUT2D eigenvalue weighted by Crippen LogP contribution is -2.65. The van der Waals surface area contributed by atoms with Gasteiger partial charge in [0.2, 0.25) is 65.0 Å². The Morgan fingerprint density at radius 3 is 1.40 bits per heavy atom. The molecule has 15 amide bonds. The number of carboxylic acids is 1. The molecule has 0 spiro atoms. The fourth-order valence-corrected chi connectivity index (χ4v) is 14.4. The van der Waals surface area contributed by atoms with Crippen molar-refractivity contribution in [2.45, 2.75) is 167 Å². The monoisotopic (exact) mass is 1860 g/mol. The van der Waals surface area contributed by atoms with E-state index in [9.17, 15) is 81.8 Å². The number of aliphatic hydroxyl groups is 1. The van der Waals surface area contributed by atoms with Gasteiger partial charge < -0.3 is 124 Å². The van der Waals surface area contributed by atoms with Crippen LogP contribution in [0.15, 0.2) is 54.6 Å². The van der Waals surface area contributed by atoms with Gasteiger partial charge in [0.1, 0.15) is 37.3 Å². The molecule has 1 fully saturated rings. The summed E-state index contributed by atoms with van der Waals surface area (Å²) in [6.07, 6.45) is 3.16. The van der Waals surface area contributed by atoms with Crippen LogP contribution in [0.2, 0.25) is 0 Å². The highest BCUT2D eigenvalue weighted by molar-refractivity contribution is 6.15. The summed E-state index contributed by atoms with van der Waals surface area (Å²) in [6.45, 7) is 16.5. The second-order valence-corrected chi connectivity index (χ2v) is 31.9. The number of ether oxygens (including phenoxy) is 12.